The standard InChI is InChI=1S/C26H29N7O8S3/c1-2-19(40-26(37)38-16-6-4-3-5-7-16)39-24(36)21-14(8-9-15-12-44-32-31-15)11-42-23-20(22(35)33(21)23)29-17(34)10-28-41-18-13-43-25(27)30-18/h8-10,12-13,16,19-20,23H,2-7,11H2,1H3,(H2,27,30)(H,29,34)/b9-8-,28-10-. The summed E-state index contributed by atoms with van der Waals surface area (Å²) in [7, 11) is 0. The molecule has 2 fully saturated rings. The van der Waals surface area contributed by atoms with Crippen molar-refractivity contribution in [2.24, 2.45) is 5.16 Å². The Labute approximate surface area is 264 Å². The molecular formula is C26H29N7O8S3. The summed E-state index contributed by atoms with van der Waals surface area (Å²) in [4.78, 5) is 61.8. The molecule has 1 saturated heterocycles. The fourth-order valence-corrected chi connectivity index (χ4v) is 6.84. The van der Waals surface area contributed by atoms with Gasteiger partial charge in [-0.2, -0.15) is 4.98 Å². The number of carbonyl (C=O) groups excluding carboxylic acids is 4. The van der Waals surface area contributed by atoms with E-state index in [1.54, 1.807) is 24.5 Å². The maximum atomic E-state index is 13.5. The molecule has 44 heavy (non-hydrogen) atoms. The number of nitrogens with zero attached hydrogens (tertiary/aromatic N) is 5. The van der Waals surface area contributed by atoms with E-state index in [0.29, 0.717) is 17.0 Å². The van der Waals surface area contributed by atoms with Crippen LogP contribution in [0.1, 0.15) is 51.1 Å². The highest BCUT2D eigenvalue weighted by Gasteiger charge is 2.54. The molecular weight excluding hydrogens is 635 g/mol. The number of β-lactam (4-membered cyclic amide) rings is 1. The molecule has 4 heterocycles. The number of oxime groups is 1. The summed E-state index contributed by atoms with van der Waals surface area (Å²) in [6.07, 6.45) is 6.54. The molecule has 234 valence electrons. The van der Waals surface area contributed by atoms with Crippen molar-refractivity contribution in [3.63, 3.8) is 0 Å². The van der Waals surface area contributed by atoms with E-state index in [-0.39, 0.29) is 29.2 Å². The predicted octanol–water partition coefficient (Wildman–Crippen LogP) is 3.07. The lowest BCUT2D eigenvalue weighted by Gasteiger charge is -2.49. The van der Waals surface area contributed by atoms with Crippen LogP contribution in [0.25, 0.3) is 6.08 Å². The molecule has 2 aromatic heterocycles. The zero-order valence-electron chi connectivity index (χ0n) is 23.5. The van der Waals surface area contributed by atoms with Gasteiger partial charge in [-0.3, -0.25) is 14.5 Å². The van der Waals surface area contributed by atoms with E-state index < -0.39 is 41.6 Å². The van der Waals surface area contributed by atoms with Crippen molar-refractivity contribution in [2.45, 2.75) is 69.3 Å². The number of anilines is 1. The maximum Gasteiger partial charge on any atom is 0.511 e. The number of carbonyl (C=O) groups is 4. The van der Waals surface area contributed by atoms with Crippen molar-refractivity contribution in [3.8, 4) is 5.88 Å². The molecule has 2 aromatic rings. The minimum Gasteiger partial charge on any atom is -0.431 e. The highest BCUT2D eigenvalue weighted by atomic mass is 32.2. The Kier molecular flexibility index (Phi) is 10.4. The SMILES string of the molecule is CCC(OC(=O)OC1CCCCC1)OC(=O)C1=C(/C=C\c2csnn2)CSC2C(NC(=O)/C=N\Oc3csc(N)n3)C(=O)N12. The number of nitrogens with two attached hydrogens (primary N) is 1. The molecule has 2 amide bonds. The number of aromatic nitrogens is 3. The van der Waals surface area contributed by atoms with Gasteiger partial charge < -0.3 is 30.1 Å². The van der Waals surface area contributed by atoms with Crippen molar-refractivity contribution < 1.29 is 38.2 Å². The van der Waals surface area contributed by atoms with Gasteiger partial charge in [-0.05, 0) is 48.9 Å². The van der Waals surface area contributed by atoms with Gasteiger partial charge in [-0.15, -0.1) is 28.2 Å². The van der Waals surface area contributed by atoms with E-state index in [4.69, 9.17) is 24.8 Å². The number of fused-ring (bicyclic) bond motifs is 1. The van der Waals surface area contributed by atoms with Gasteiger partial charge >= 0.3 is 12.1 Å². The molecule has 3 unspecified atom stereocenters. The molecule has 1 aliphatic carbocycles. The third-order valence-corrected chi connectivity index (χ3v) is 9.23. The van der Waals surface area contributed by atoms with Crippen LogP contribution in [0.5, 0.6) is 5.88 Å². The number of esters is 1. The second-order valence-corrected chi connectivity index (χ2v) is 12.4. The molecule has 1 saturated carbocycles. The predicted molar refractivity (Wildman–Crippen MR) is 161 cm³/mol. The van der Waals surface area contributed by atoms with Gasteiger partial charge in [0.25, 0.3) is 24.0 Å². The molecule has 0 radical (unpaired) electrons. The number of rotatable bonds is 11. The number of nitrogens with one attached hydrogen (secondary N) is 1. The van der Waals surface area contributed by atoms with Crippen molar-refractivity contribution in [1.29, 1.82) is 0 Å². The molecule has 15 nitrogen and oxygen atoms in total. The summed E-state index contributed by atoms with van der Waals surface area (Å²) in [5.74, 6) is -1.64. The Balaban J connectivity index is 1.26. The van der Waals surface area contributed by atoms with Gasteiger partial charge in [0.2, 0.25) is 0 Å². The number of amides is 2. The topological polar surface area (TPSA) is 198 Å². The fourth-order valence-electron chi connectivity index (χ4n) is 4.64. The maximum absolute atomic E-state index is 13.5. The van der Waals surface area contributed by atoms with Gasteiger partial charge in [0.1, 0.15) is 29.4 Å². The molecule has 0 aromatic carbocycles. The number of thioether (sulfide) groups is 1. The van der Waals surface area contributed by atoms with Crippen molar-refractivity contribution in [2.75, 3.05) is 11.5 Å². The molecule has 0 bridgehead atoms. The lowest BCUT2D eigenvalue weighted by Crippen LogP contribution is -2.70. The van der Waals surface area contributed by atoms with E-state index in [2.05, 4.69) is 25.0 Å². The Bertz CT molecular complexity index is 1450. The Morgan fingerprint density at radius 3 is 2.73 bits per heavy atom. The number of hydrogen-bond donors (Lipinski definition) is 2. The van der Waals surface area contributed by atoms with Crippen LogP contribution in [-0.2, 0) is 28.6 Å². The van der Waals surface area contributed by atoms with E-state index in [0.717, 1.165) is 49.7 Å². The number of ether oxygens (including phenoxy) is 3. The first-order valence-corrected chi connectivity index (χ1v) is 16.5. The molecule has 3 N–H and O–H groups in total. The Morgan fingerprint density at radius 1 is 1.20 bits per heavy atom. The van der Waals surface area contributed by atoms with E-state index in [1.807, 2.05) is 0 Å². The Hall–Kier alpha value is -4.03. The summed E-state index contributed by atoms with van der Waals surface area (Å²) < 4.78 is 20.1. The van der Waals surface area contributed by atoms with Gasteiger partial charge in [0, 0.05) is 17.6 Å². The number of nitrogen functional groups attached to an aromatic ring is 1. The zero-order valence-corrected chi connectivity index (χ0v) is 25.9. The van der Waals surface area contributed by atoms with Gasteiger partial charge in [0.05, 0.1) is 11.1 Å². The minimum absolute atomic E-state index is 0.0236. The monoisotopic (exact) mass is 663 g/mol. The van der Waals surface area contributed by atoms with Crippen molar-refractivity contribution in [3.05, 3.63) is 33.8 Å². The highest BCUT2D eigenvalue weighted by Crippen LogP contribution is 2.41. The van der Waals surface area contributed by atoms with E-state index >= 15 is 0 Å². The normalized spacial score (nSPS) is 21.1. The average Bonchev–Trinajstić information content (AvgIpc) is 3.70. The third-order valence-electron chi connectivity index (χ3n) is 6.75. The highest BCUT2D eigenvalue weighted by molar-refractivity contribution is 8.00. The van der Waals surface area contributed by atoms with Gasteiger partial charge in [-0.1, -0.05) is 29.1 Å². The van der Waals surface area contributed by atoms with Crippen LogP contribution in [-0.4, -0.2) is 79.2 Å². The van der Waals surface area contributed by atoms with E-state index in [1.165, 1.54) is 33.6 Å². The summed E-state index contributed by atoms with van der Waals surface area (Å²) in [6, 6.07) is -0.936. The quantitative estimate of drug-likeness (QED) is 0.117. The third kappa shape index (κ3) is 7.72. The largest absolute Gasteiger partial charge is 0.511 e. The van der Waals surface area contributed by atoms with Crippen LogP contribution in [0, 0.1) is 0 Å². The first-order chi connectivity index (χ1) is 21.3. The minimum atomic E-state index is -1.23. The number of thiazole rings is 1. The van der Waals surface area contributed by atoms with Crippen LogP contribution in [0.15, 0.2) is 33.3 Å². The smallest absolute Gasteiger partial charge is 0.431 e. The van der Waals surface area contributed by atoms with Crippen LogP contribution in [0.2, 0.25) is 0 Å². The summed E-state index contributed by atoms with van der Waals surface area (Å²) in [5, 5.41) is 13.0. The van der Waals surface area contributed by atoms with Crippen LogP contribution in [0.4, 0.5) is 9.93 Å². The number of allylic oxidation sites excluding steroid dienone is 1. The molecule has 18 heteroatoms. The summed E-state index contributed by atoms with van der Waals surface area (Å²) >= 11 is 3.67. The summed E-state index contributed by atoms with van der Waals surface area (Å²) in [5.41, 5.74) is 6.57. The van der Waals surface area contributed by atoms with Gasteiger partial charge in [-0.25, -0.2) is 9.59 Å². The van der Waals surface area contributed by atoms with Crippen LogP contribution < -0.4 is 15.9 Å². The average molecular weight is 664 g/mol. The molecule has 0 spiro atoms. The fraction of sp³-hybridized carbons (Fsp3) is 0.462. The lowest BCUT2D eigenvalue weighted by atomic mass is 9.98. The molecule has 2 aliphatic heterocycles. The number of hydrogen-bond acceptors (Lipinski definition) is 16. The lowest BCUT2D eigenvalue weighted by molar-refractivity contribution is -0.173. The second kappa shape index (κ2) is 14.6. The van der Waals surface area contributed by atoms with Crippen molar-refractivity contribution in [1.82, 2.24) is 24.8 Å². The van der Waals surface area contributed by atoms with E-state index in [9.17, 15) is 19.2 Å². The summed E-state index contributed by atoms with van der Waals surface area (Å²) in [6.45, 7) is 1.69. The molecule has 5 rings (SSSR count). The van der Waals surface area contributed by atoms with Crippen molar-refractivity contribution >= 4 is 76.0 Å². The first-order valence-electron chi connectivity index (χ1n) is 13.8. The second-order valence-electron chi connectivity index (χ2n) is 9.77. The zero-order chi connectivity index (χ0) is 31.1. The Morgan fingerprint density at radius 2 is 2.02 bits per heavy atom. The van der Waals surface area contributed by atoms with Gasteiger partial charge in [0.15, 0.2) is 5.13 Å². The van der Waals surface area contributed by atoms with Crippen LogP contribution >= 0.6 is 34.6 Å². The van der Waals surface area contributed by atoms with Crippen LogP contribution in [0.3, 0.4) is 0 Å². The first kappa shape index (κ1) is 31.4. The molecule has 3 atom stereocenters. The molecule has 3 aliphatic rings.